The number of rotatable bonds is 49. The van der Waals surface area contributed by atoms with Gasteiger partial charge in [0.15, 0.2) is 6.10 Å². The van der Waals surface area contributed by atoms with Gasteiger partial charge in [-0.25, -0.2) is 22.3 Å². The van der Waals surface area contributed by atoms with Crippen LogP contribution in [0.1, 0.15) is 221 Å². The first-order valence-corrected chi connectivity index (χ1v) is 37.6. The summed E-state index contributed by atoms with van der Waals surface area (Å²) in [5.74, 6) is -0.651. The van der Waals surface area contributed by atoms with Gasteiger partial charge in [0.25, 0.3) is 10.1 Å². The summed E-state index contributed by atoms with van der Waals surface area (Å²) in [4.78, 5) is 37.8. The number of phosphoric ester groups is 1. The van der Waals surface area contributed by atoms with Crippen LogP contribution in [0.15, 0.2) is 93.1 Å². The lowest BCUT2D eigenvalue weighted by atomic mass is 9.93. The van der Waals surface area contributed by atoms with Gasteiger partial charge in [-0.2, -0.15) is 8.42 Å². The minimum absolute atomic E-state index is 0.0835. The predicted molar refractivity (Wildman–Crippen MR) is 355 cm³/mol. The number of hydrogen-bond acceptors (Lipinski definition) is 13. The molecule has 4 rings (SSSR count). The van der Waals surface area contributed by atoms with E-state index in [0.717, 1.165) is 100 Å². The van der Waals surface area contributed by atoms with Gasteiger partial charge in [-0.05, 0) is 122 Å². The number of anilines is 1. The number of ether oxygens (including phenoxy) is 2. The molecule has 1 aliphatic carbocycles. The van der Waals surface area contributed by atoms with Crippen molar-refractivity contribution in [3.05, 3.63) is 84.3 Å². The van der Waals surface area contributed by atoms with Crippen molar-refractivity contribution in [3.8, 4) is 22.5 Å². The normalized spacial score (nSPS) is 13.2. The van der Waals surface area contributed by atoms with Crippen molar-refractivity contribution in [1.82, 2.24) is 9.30 Å². The van der Waals surface area contributed by atoms with Crippen LogP contribution in [0.2, 0.25) is 0 Å². The molecule has 0 bridgehead atoms. The maximum absolute atomic E-state index is 14.5. The average molecular weight is 1290 g/mol. The lowest BCUT2D eigenvalue weighted by molar-refractivity contribution is -0.161. The number of allylic oxidation sites excluding steroid dienone is 4. The van der Waals surface area contributed by atoms with E-state index < -0.39 is 82.2 Å². The SMILES string of the molecule is CCCCCCCC/C=C\CCCCCCCC(=O)OCC(COP(=O)(O)OCCNS(=O)(=O)c1cc(S(=O)(=O)O)ccc1-c1c2ccc(=[N+](CC)CC)cc-2oc2cc(N(CC)CC)ccc12)OC(=O)CCCCCCC/C=C\CCCCCCCC. The van der Waals surface area contributed by atoms with Crippen molar-refractivity contribution < 1.29 is 63.4 Å². The number of nitrogens with zero attached hydrogens (tertiary/aromatic N) is 2. The fraction of sp³-hybridized carbons (Fsp3) is 0.632. The van der Waals surface area contributed by atoms with E-state index in [1.165, 1.54) is 83.1 Å². The summed E-state index contributed by atoms with van der Waals surface area (Å²) in [6.45, 7) is 13.0. The molecule has 2 unspecified atom stereocenters. The topological polar surface area (TPSA) is 228 Å². The van der Waals surface area contributed by atoms with Crippen LogP contribution in [0.3, 0.4) is 0 Å². The van der Waals surface area contributed by atoms with E-state index in [9.17, 15) is 40.4 Å². The zero-order valence-corrected chi connectivity index (χ0v) is 56.5. The van der Waals surface area contributed by atoms with Gasteiger partial charge in [-0.15, -0.1) is 0 Å². The van der Waals surface area contributed by atoms with Crippen molar-refractivity contribution in [2.24, 2.45) is 0 Å². The molecule has 2 aromatic rings. The van der Waals surface area contributed by atoms with Gasteiger partial charge in [-0.1, -0.05) is 147 Å². The number of fused-ring (bicyclic) bond motifs is 2. The minimum atomic E-state index is -4.97. The van der Waals surface area contributed by atoms with Crippen LogP contribution in [0.4, 0.5) is 5.69 Å². The van der Waals surface area contributed by atoms with Crippen molar-refractivity contribution in [1.29, 1.82) is 0 Å². The Kier molecular flexibility index (Phi) is 36.5. The molecule has 2 aliphatic rings. The third-order valence-electron chi connectivity index (χ3n) is 15.8. The van der Waals surface area contributed by atoms with E-state index in [1.54, 1.807) is 0 Å². The van der Waals surface area contributed by atoms with Crippen LogP contribution in [0.5, 0.6) is 0 Å². The molecule has 88 heavy (non-hydrogen) atoms. The highest BCUT2D eigenvalue weighted by atomic mass is 32.2. The predicted octanol–water partition coefficient (Wildman–Crippen LogP) is 16.1. The number of carbonyl (C=O) groups is 2. The number of benzene rings is 3. The second-order valence-electron chi connectivity index (χ2n) is 22.8. The van der Waals surface area contributed by atoms with Crippen LogP contribution in [0, 0.1) is 0 Å². The Morgan fingerprint density at radius 3 is 1.68 bits per heavy atom. The van der Waals surface area contributed by atoms with E-state index in [-0.39, 0.29) is 18.4 Å². The summed E-state index contributed by atoms with van der Waals surface area (Å²) in [7, 11) is -14.6. The number of esters is 2. The monoisotopic (exact) mass is 1280 g/mol. The van der Waals surface area contributed by atoms with E-state index >= 15 is 0 Å². The highest BCUT2D eigenvalue weighted by Gasteiger charge is 2.30. The van der Waals surface area contributed by atoms with E-state index in [1.807, 2.05) is 64.1 Å². The summed E-state index contributed by atoms with van der Waals surface area (Å²) in [6.07, 6.45) is 36.9. The summed E-state index contributed by atoms with van der Waals surface area (Å²) in [6, 6.07) is 14.5. The van der Waals surface area contributed by atoms with E-state index in [4.69, 9.17) is 22.9 Å². The van der Waals surface area contributed by atoms with Gasteiger partial charge >= 0.3 is 19.8 Å². The summed E-state index contributed by atoms with van der Waals surface area (Å²) in [5, 5.41) is 1.40. The molecule has 1 heterocycles. The zero-order chi connectivity index (χ0) is 64.1. The van der Waals surface area contributed by atoms with Gasteiger partial charge in [0.1, 0.15) is 31.0 Å². The molecule has 0 radical (unpaired) electrons. The molecule has 0 saturated heterocycles. The Morgan fingerprint density at radius 1 is 0.625 bits per heavy atom. The molecular formula is C68H107N3O14PS2+. The van der Waals surface area contributed by atoms with E-state index in [0.29, 0.717) is 66.9 Å². The van der Waals surface area contributed by atoms with Gasteiger partial charge in [-0.3, -0.25) is 23.2 Å². The molecular weight excluding hydrogens is 1180 g/mol. The molecule has 2 aromatic carbocycles. The molecule has 0 fully saturated rings. The van der Waals surface area contributed by atoms with Gasteiger partial charge < -0.3 is 23.7 Å². The van der Waals surface area contributed by atoms with Crippen LogP contribution < -0.4 is 19.6 Å². The quantitative estimate of drug-likeness (QED) is 0.00710. The Labute approximate surface area is 527 Å². The van der Waals surface area contributed by atoms with E-state index in [2.05, 4.69) is 52.3 Å². The van der Waals surface area contributed by atoms with Crippen LogP contribution in [-0.4, -0.2) is 96.9 Å². The smallest absolute Gasteiger partial charge is 0.462 e. The van der Waals surface area contributed by atoms with Crippen molar-refractivity contribution in [2.75, 3.05) is 57.4 Å². The zero-order valence-electron chi connectivity index (χ0n) is 54.0. The Balaban J connectivity index is 1.40. The summed E-state index contributed by atoms with van der Waals surface area (Å²) < 4.78 is 110. The number of carbonyl (C=O) groups excluding carboxylic acids is 2. The molecule has 0 amide bonds. The Hall–Kier alpha value is -4.72. The largest absolute Gasteiger partial charge is 0.472 e. The third-order valence-corrected chi connectivity index (χ3v) is 19.2. The maximum Gasteiger partial charge on any atom is 0.472 e. The molecule has 494 valence electrons. The molecule has 0 aromatic heterocycles. The highest BCUT2D eigenvalue weighted by molar-refractivity contribution is 7.89. The first-order valence-electron chi connectivity index (χ1n) is 33.1. The lowest BCUT2D eigenvalue weighted by Crippen LogP contribution is -2.30. The first-order chi connectivity index (χ1) is 42.4. The second kappa shape index (κ2) is 42.4. The second-order valence-corrected chi connectivity index (χ2v) is 27.4. The minimum Gasteiger partial charge on any atom is -0.462 e. The summed E-state index contributed by atoms with van der Waals surface area (Å²) in [5.41, 5.74) is 2.33. The third kappa shape index (κ3) is 28.2. The molecule has 20 heteroatoms. The molecule has 0 spiro atoms. The van der Waals surface area contributed by atoms with Gasteiger partial charge in [0.2, 0.25) is 15.4 Å². The fourth-order valence-corrected chi connectivity index (χ4v) is 13.3. The van der Waals surface area contributed by atoms with Crippen LogP contribution in [-0.2, 0) is 52.8 Å². The lowest BCUT2D eigenvalue weighted by Gasteiger charge is -2.23. The van der Waals surface area contributed by atoms with Gasteiger partial charge in [0.05, 0.1) is 29.1 Å². The number of phosphoric acid groups is 1. The van der Waals surface area contributed by atoms with Crippen molar-refractivity contribution in [2.45, 2.75) is 237 Å². The molecule has 0 saturated carbocycles. The molecule has 17 nitrogen and oxygen atoms in total. The molecule has 1 aliphatic heterocycles. The van der Waals surface area contributed by atoms with Gasteiger partial charge in [0, 0.05) is 72.4 Å². The van der Waals surface area contributed by atoms with Crippen molar-refractivity contribution >= 4 is 56.6 Å². The molecule has 2 atom stereocenters. The van der Waals surface area contributed by atoms with Crippen LogP contribution in [0.25, 0.3) is 33.4 Å². The van der Waals surface area contributed by atoms with Crippen LogP contribution >= 0.6 is 7.82 Å². The molecule has 3 N–H and O–H groups in total. The summed E-state index contributed by atoms with van der Waals surface area (Å²) >= 11 is 0. The van der Waals surface area contributed by atoms with Crippen molar-refractivity contribution in [3.63, 3.8) is 0 Å². The fourth-order valence-electron chi connectivity index (χ4n) is 10.7. The Bertz CT molecular complexity index is 3060. The first kappa shape index (κ1) is 75.7. The maximum atomic E-state index is 14.5. The number of sulfonamides is 1. The number of hydrogen-bond donors (Lipinski definition) is 3. The number of unbranched alkanes of at least 4 members (excludes halogenated alkanes) is 22. The Morgan fingerprint density at radius 2 is 1.15 bits per heavy atom. The number of nitrogens with one attached hydrogen (secondary N) is 1. The average Bonchev–Trinajstić information content (AvgIpc) is 1.25. The standard InChI is InChI=1S/C68H106N3O14PS2/c1-7-13-15-17-19-21-23-25-27-29-31-33-35-37-39-41-66(72)81-54-58(84-67(73)42-40-38-36-34-32-30-28-26-24-22-20-18-16-14-8-2)55-83-86(74,75)82-50-49-69-87(76,77)65-53-59(88(78,79)80)45-48-62(65)68-60-46-43-56(70(9-3)10-4)51-63(60)85-64-52-57(44-47-61(64)68)71(11-5)12-6/h25-28,43-48,51-53,58,69H,7-24,29-42,49-50,54-55H2,1-6H3,(H-,74,75,78,79,80)/p+1/b27-25-,28-26-. The highest BCUT2D eigenvalue weighted by Crippen LogP contribution is 2.45.